The smallest absolute Gasteiger partial charge is 0.207 e. The zero-order valence-corrected chi connectivity index (χ0v) is 19.0. The van der Waals surface area contributed by atoms with Crippen LogP contribution >= 0.6 is 23.2 Å². The van der Waals surface area contributed by atoms with Gasteiger partial charge in [0, 0.05) is 16.0 Å². The third-order valence-electron chi connectivity index (χ3n) is 5.11. The molecule has 3 aromatic rings. The highest BCUT2D eigenvalue weighted by Gasteiger charge is 2.33. The number of benzene rings is 2. The summed E-state index contributed by atoms with van der Waals surface area (Å²) in [5, 5.41) is 14.4. The topological polar surface area (TPSA) is 101 Å². The standard InChI is InChI=1S/C19H20Cl2FN5O2S/c1-9-5-6-13(20)17(11(9)3)12(4)18(19-23-26-27-24-19)25-30(28,29)16-7-10(2)14(21)8-15(16)22/h5-8,12,18,25H,1-4H3,(H,23,24,26,27)/t12-,18+/m1/s1. The van der Waals surface area contributed by atoms with Gasteiger partial charge in [0.25, 0.3) is 0 Å². The van der Waals surface area contributed by atoms with Gasteiger partial charge in [-0.2, -0.15) is 9.94 Å². The van der Waals surface area contributed by atoms with Crippen LogP contribution in [-0.4, -0.2) is 29.0 Å². The van der Waals surface area contributed by atoms with Gasteiger partial charge in [-0.05, 0) is 61.2 Å². The average molecular weight is 472 g/mol. The van der Waals surface area contributed by atoms with Crippen LogP contribution in [0.2, 0.25) is 10.0 Å². The minimum atomic E-state index is -4.29. The molecular weight excluding hydrogens is 452 g/mol. The van der Waals surface area contributed by atoms with Crippen LogP contribution in [0, 0.1) is 26.6 Å². The molecule has 0 amide bonds. The second-order valence-electron chi connectivity index (χ2n) is 7.09. The maximum absolute atomic E-state index is 14.4. The van der Waals surface area contributed by atoms with E-state index in [2.05, 4.69) is 25.3 Å². The van der Waals surface area contributed by atoms with Crippen molar-refractivity contribution in [3.63, 3.8) is 0 Å². The van der Waals surface area contributed by atoms with Gasteiger partial charge in [0.15, 0.2) is 5.82 Å². The first-order chi connectivity index (χ1) is 14.0. The monoisotopic (exact) mass is 471 g/mol. The quantitative estimate of drug-likeness (QED) is 0.554. The molecule has 160 valence electrons. The first-order valence-corrected chi connectivity index (χ1v) is 11.2. The number of rotatable bonds is 6. The number of hydrogen-bond acceptors (Lipinski definition) is 5. The maximum atomic E-state index is 14.4. The van der Waals surface area contributed by atoms with Crippen LogP contribution in [-0.2, 0) is 10.0 Å². The van der Waals surface area contributed by atoms with Crippen molar-refractivity contribution in [1.29, 1.82) is 0 Å². The summed E-state index contributed by atoms with van der Waals surface area (Å²) in [6, 6.07) is 4.83. The highest BCUT2D eigenvalue weighted by molar-refractivity contribution is 7.89. The van der Waals surface area contributed by atoms with Gasteiger partial charge < -0.3 is 0 Å². The van der Waals surface area contributed by atoms with Crippen molar-refractivity contribution < 1.29 is 12.8 Å². The molecule has 2 N–H and O–H groups in total. The van der Waals surface area contributed by atoms with Crippen molar-refractivity contribution in [2.24, 2.45) is 0 Å². The fourth-order valence-electron chi connectivity index (χ4n) is 3.28. The minimum Gasteiger partial charge on any atom is -0.207 e. The molecule has 0 saturated heterocycles. The van der Waals surface area contributed by atoms with Crippen LogP contribution in [0.5, 0.6) is 0 Å². The minimum absolute atomic E-state index is 0.106. The number of tetrazole rings is 1. The number of H-pyrrole nitrogens is 1. The predicted octanol–water partition coefficient (Wildman–Crippen LogP) is 4.39. The Hall–Kier alpha value is -2.07. The van der Waals surface area contributed by atoms with Crippen LogP contribution in [0.25, 0.3) is 0 Å². The largest absolute Gasteiger partial charge is 0.244 e. The molecule has 7 nitrogen and oxygen atoms in total. The molecule has 1 heterocycles. The third-order valence-corrected chi connectivity index (χ3v) is 7.31. The van der Waals surface area contributed by atoms with E-state index in [1.165, 1.54) is 6.07 Å². The van der Waals surface area contributed by atoms with Gasteiger partial charge >= 0.3 is 0 Å². The molecule has 0 bridgehead atoms. The van der Waals surface area contributed by atoms with Gasteiger partial charge in [0.05, 0.1) is 6.04 Å². The van der Waals surface area contributed by atoms with Crippen LogP contribution in [0.1, 0.15) is 47.0 Å². The van der Waals surface area contributed by atoms with E-state index in [0.717, 1.165) is 22.8 Å². The first-order valence-electron chi connectivity index (χ1n) is 9.00. The Kier molecular flexibility index (Phi) is 6.47. The zero-order chi connectivity index (χ0) is 22.2. The van der Waals surface area contributed by atoms with E-state index in [-0.39, 0.29) is 10.8 Å². The summed E-state index contributed by atoms with van der Waals surface area (Å²) >= 11 is 12.3. The zero-order valence-electron chi connectivity index (χ0n) is 16.7. The number of nitrogens with zero attached hydrogens (tertiary/aromatic N) is 3. The van der Waals surface area contributed by atoms with Crippen molar-refractivity contribution in [2.75, 3.05) is 0 Å². The molecule has 2 aromatic carbocycles. The second kappa shape index (κ2) is 8.58. The summed E-state index contributed by atoms with van der Waals surface area (Å²) in [5.41, 5.74) is 3.08. The summed E-state index contributed by atoms with van der Waals surface area (Å²) in [5.74, 6) is -1.34. The Bertz CT molecular complexity index is 1190. The Morgan fingerprint density at radius 1 is 1.10 bits per heavy atom. The lowest BCUT2D eigenvalue weighted by molar-refractivity contribution is 0.491. The molecule has 0 aliphatic heterocycles. The summed E-state index contributed by atoms with van der Waals surface area (Å²) in [6.07, 6.45) is 0. The van der Waals surface area contributed by atoms with E-state index < -0.39 is 32.7 Å². The molecular formula is C19H20Cl2FN5O2S. The summed E-state index contributed by atoms with van der Waals surface area (Å²) in [4.78, 5) is -0.517. The van der Waals surface area contributed by atoms with E-state index in [1.807, 2.05) is 19.9 Å². The number of nitrogens with one attached hydrogen (secondary N) is 2. The molecule has 11 heteroatoms. The molecule has 0 spiro atoms. The van der Waals surface area contributed by atoms with Crippen molar-refractivity contribution in [1.82, 2.24) is 25.3 Å². The van der Waals surface area contributed by atoms with Gasteiger partial charge in [0.1, 0.15) is 10.7 Å². The van der Waals surface area contributed by atoms with Crippen molar-refractivity contribution in [3.05, 3.63) is 68.2 Å². The highest BCUT2D eigenvalue weighted by atomic mass is 35.5. The van der Waals surface area contributed by atoms with E-state index in [9.17, 15) is 12.8 Å². The van der Waals surface area contributed by atoms with Gasteiger partial charge in [-0.25, -0.2) is 12.8 Å². The fourth-order valence-corrected chi connectivity index (χ4v) is 5.22. The van der Waals surface area contributed by atoms with Crippen LogP contribution in [0.3, 0.4) is 0 Å². The van der Waals surface area contributed by atoms with Crippen LogP contribution in [0.4, 0.5) is 4.39 Å². The Morgan fingerprint density at radius 3 is 2.43 bits per heavy atom. The number of aryl methyl sites for hydroxylation is 2. The molecule has 0 unspecified atom stereocenters. The Labute approximate surface area is 184 Å². The van der Waals surface area contributed by atoms with E-state index in [0.29, 0.717) is 10.6 Å². The van der Waals surface area contributed by atoms with Crippen LogP contribution in [0.15, 0.2) is 29.2 Å². The molecule has 0 radical (unpaired) electrons. The summed E-state index contributed by atoms with van der Waals surface area (Å²) in [7, 11) is -4.29. The fraction of sp³-hybridized carbons (Fsp3) is 0.316. The van der Waals surface area contributed by atoms with Crippen molar-refractivity contribution in [2.45, 2.75) is 44.6 Å². The molecule has 0 aliphatic carbocycles. The summed E-state index contributed by atoms with van der Waals surface area (Å²) < 4.78 is 43.1. The third kappa shape index (κ3) is 4.34. The molecule has 3 rings (SSSR count). The highest BCUT2D eigenvalue weighted by Crippen LogP contribution is 2.37. The average Bonchev–Trinajstić information content (AvgIpc) is 3.20. The van der Waals surface area contributed by atoms with Gasteiger partial charge in [-0.15, -0.1) is 10.2 Å². The first kappa shape index (κ1) is 22.6. The van der Waals surface area contributed by atoms with E-state index >= 15 is 0 Å². The molecule has 2 atom stereocenters. The number of aromatic nitrogens is 4. The molecule has 0 aliphatic rings. The number of hydrogen-bond donors (Lipinski definition) is 2. The lowest BCUT2D eigenvalue weighted by Gasteiger charge is -2.26. The molecule has 0 saturated carbocycles. The molecule has 30 heavy (non-hydrogen) atoms. The molecule has 1 aromatic heterocycles. The maximum Gasteiger partial charge on any atom is 0.244 e. The Morgan fingerprint density at radius 2 is 1.80 bits per heavy atom. The number of sulfonamides is 1. The van der Waals surface area contributed by atoms with E-state index in [1.54, 1.807) is 19.9 Å². The number of aromatic amines is 1. The molecule has 0 fully saturated rings. The van der Waals surface area contributed by atoms with Gasteiger partial charge in [-0.3, -0.25) is 0 Å². The SMILES string of the molecule is Cc1cc(S(=O)(=O)N[C@H](c2nn[nH]n2)[C@H](C)c2c(Cl)ccc(C)c2C)c(F)cc1Cl. The summed E-state index contributed by atoms with van der Waals surface area (Å²) in [6.45, 7) is 7.22. The van der Waals surface area contributed by atoms with Crippen molar-refractivity contribution in [3.8, 4) is 0 Å². The van der Waals surface area contributed by atoms with Gasteiger partial charge in [-0.1, -0.05) is 41.4 Å². The van der Waals surface area contributed by atoms with Crippen molar-refractivity contribution >= 4 is 33.2 Å². The van der Waals surface area contributed by atoms with Gasteiger partial charge in [0.2, 0.25) is 10.0 Å². The number of halogens is 3. The second-order valence-corrected chi connectivity index (χ2v) is 9.59. The lowest BCUT2D eigenvalue weighted by atomic mass is 9.88. The lowest BCUT2D eigenvalue weighted by Crippen LogP contribution is -2.33. The Balaban J connectivity index is 2.09. The van der Waals surface area contributed by atoms with Crippen LogP contribution < -0.4 is 4.72 Å². The van der Waals surface area contributed by atoms with E-state index in [4.69, 9.17) is 23.2 Å². The predicted molar refractivity (Wildman–Crippen MR) is 113 cm³/mol. The normalized spacial score (nSPS) is 14.0.